The zero-order valence-corrected chi connectivity index (χ0v) is 16.1. The van der Waals surface area contributed by atoms with Gasteiger partial charge in [-0.3, -0.25) is 9.59 Å². The summed E-state index contributed by atoms with van der Waals surface area (Å²) >= 11 is 0. The predicted octanol–water partition coefficient (Wildman–Crippen LogP) is 3.52. The Morgan fingerprint density at radius 2 is 1.40 bits per heavy atom. The average Bonchev–Trinajstić information content (AvgIpc) is 2.57. The van der Waals surface area contributed by atoms with E-state index in [2.05, 4.69) is 19.2 Å². The van der Waals surface area contributed by atoms with Crippen molar-refractivity contribution < 1.29 is 23.9 Å². The van der Waals surface area contributed by atoms with Crippen LogP contribution >= 0.6 is 0 Å². The molecule has 0 aromatic rings. The van der Waals surface area contributed by atoms with E-state index in [4.69, 9.17) is 9.47 Å². The number of amides is 1. The van der Waals surface area contributed by atoms with Crippen molar-refractivity contribution in [3.63, 3.8) is 0 Å². The van der Waals surface area contributed by atoms with Crippen LogP contribution in [-0.4, -0.2) is 37.1 Å². The van der Waals surface area contributed by atoms with Gasteiger partial charge in [0.05, 0.1) is 13.2 Å². The molecule has 0 bridgehead atoms. The first kappa shape index (κ1) is 23.4. The minimum atomic E-state index is -0.795. The quantitative estimate of drug-likeness (QED) is 0.358. The number of unbranched alkanes of at least 4 members (excludes halogenated alkanes) is 6. The van der Waals surface area contributed by atoms with Gasteiger partial charge < -0.3 is 14.8 Å². The number of carbonyl (C=O) groups excluding carboxylic acids is 3. The van der Waals surface area contributed by atoms with Crippen LogP contribution in [-0.2, 0) is 23.9 Å². The molecule has 0 fully saturated rings. The molecule has 0 aliphatic carbocycles. The summed E-state index contributed by atoms with van der Waals surface area (Å²) in [7, 11) is 0. The van der Waals surface area contributed by atoms with Gasteiger partial charge in [0, 0.05) is 13.3 Å². The summed E-state index contributed by atoms with van der Waals surface area (Å²) < 4.78 is 10.3. The number of nitrogens with one attached hydrogen (secondary N) is 1. The van der Waals surface area contributed by atoms with E-state index < -0.39 is 12.0 Å². The molecule has 6 nitrogen and oxygen atoms in total. The molecule has 0 aromatic carbocycles. The summed E-state index contributed by atoms with van der Waals surface area (Å²) in [4.78, 5) is 35.1. The van der Waals surface area contributed by atoms with Crippen molar-refractivity contribution in [2.75, 3.05) is 13.2 Å². The molecule has 0 spiro atoms. The normalized spacial score (nSPS) is 11.6. The Morgan fingerprint density at radius 3 is 1.92 bits per heavy atom. The highest BCUT2D eigenvalue weighted by molar-refractivity contribution is 5.83. The lowest BCUT2D eigenvalue weighted by Gasteiger charge is -2.16. The first-order valence-corrected chi connectivity index (χ1v) is 9.60. The molecular formula is C19H35NO5. The maximum Gasteiger partial charge on any atom is 0.328 e. The van der Waals surface area contributed by atoms with Crippen LogP contribution in [0.1, 0.15) is 85.0 Å². The van der Waals surface area contributed by atoms with Gasteiger partial charge in [-0.15, -0.1) is 0 Å². The second-order valence-corrected chi connectivity index (χ2v) is 6.30. The lowest BCUT2D eigenvalue weighted by atomic mass is 10.1. The van der Waals surface area contributed by atoms with E-state index in [1.54, 1.807) is 0 Å². The molecule has 0 rings (SSSR count). The van der Waals surface area contributed by atoms with Crippen molar-refractivity contribution in [2.45, 2.75) is 91.0 Å². The van der Waals surface area contributed by atoms with Crippen LogP contribution in [0.2, 0.25) is 0 Å². The summed E-state index contributed by atoms with van der Waals surface area (Å²) in [5.41, 5.74) is 0. The zero-order chi connectivity index (χ0) is 18.9. The highest BCUT2D eigenvalue weighted by Gasteiger charge is 2.22. The van der Waals surface area contributed by atoms with Crippen molar-refractivity contribution in [1.82, 2.24) is 5.32 Å². The van der Waals surface area contributed by atoms with Crippen molar-refractivity contribution in [2.24, 2.45) is 0 Å². The average molecular weight is 357 g/mol. The third-order valence-corrected chi connectivity index (χ3v) is 3.80. The number of ether oxygens (including phenoxy) is 2. The standard InChI is InChI=1S/C19H35NO5/c1-4-6-8-10-14-24-18(22)13-12-17(20-16(3)21)19(23)25-15-11-9-7-5-2/h17H,4-15H2,1-3H3,(H,20,21). The Labute approximate surface area is 152 Å². The summed E-state index contributed by atoms with van der Waals surface area (Å²) in [6.07, 6.45) is 8.49. The molecular weight excluding hydrogens is 322 g/mol. The van der Waals surface area contributed by atoms with E-state index in [1.807, 2.05) is 0 Å². The smallest absolute Gasteiger partial charge is 0.328 e. The first-order valence-electron chi connectivity index (χ1n) is 9.60. The van der Waals surface area contributed by atoms with E-state index >= 15 is 0 Å². The fourth-order valence-electron chi connectivity index (χ4n) is 2.35. The molecule has 0 saturated carbocycles. The predicted molar refractivity (Wildman–Crippen MR) is 97.0 cm³/mol. The molecule has 0 aliphatic heterocycles. The minimum Gasteiger partial charge on any atom is -0.466 e. The molecule has 25 heavy (non-hydrogen) atoms. The Kier molecular flexibility index (Phi) is 14.9. The molecule has 0 aromatic heterocycles. The van der Waals surface area contributed by atoms with Crippen molar-refractivity contribution in [1.29, 1.82) is 0 Å². The molecule has 1 atom stereocenters. The second kappa shape index (κ2) is 15.9. The fourth-order valence-corrected chi connectivity index (χ4v) is 2.35. The number of hydrogen-bond acceptors (Lipinski definition) is 5. The Hall–Kier alpha value is -1.59. The molecule has 0 aliphatic rings. The van der Waals surface area contributed by atoms with Crippen LogP contribution in [0, 0.1) is 0 Å². The Balaban J connectivity index is 4.09. The van der Waals surface area contributed by atoms with Gasteiger partial charge >= 0.3 is 11.9 Å². The van der Waals surface area contributed by atoms with Gasteiger partial charge in [-0.1, -0.05) is 52.4 Å². The lowest BCUT2D eigenvalue weighted by molar-refractivity contribution is -0.149. The lowest BCUT2D eigenvalue weighted by Crippen LogP contribution is -2.41. The molecule has 0 radical (unpaired) electrons. The summed E-state index contributed by atoms with van der Waals surface area (Å²) in [6.45, 7) is 6.33. The molecule has 6 heteroatoms. The third kappa shape index (κ3) is 14.5. The van der Waals surface area contributed by atoms with Crippen LogP contribution in [0.15, 0.2) is 0 Å². The molecule has 1 N–H and O–H groups in total. The van der Waals surface area contributed by atoms with E-state index in [1.165, 1.54) is 6.92 Å². The summed E-state index contributed by atoms with van der Waals surface area (Å²) in [5.74, 6) is -1.15. The fraction of sp³-hybridized carbons (Fsp3) is 0.842. The number of esters is 2. The van der Waals surface area contributed by atoms with Gasteiger partial charge in [-0.25, -0.2) is 4.79 Å². The van der Waals surface area contributed by atoms with Gasteiger partial charge in [0.15, 0.2) is 0 Å². The van der Waals surface area contributed by atoms with Crippen LogP contribution in [0.4, 0.5) is 0 Å². The summed E-state index contributed by atoms with van der Waals surface area (Å²) in [5, 5.41) is 2.55. The van der Waals surface area contributed by atoms with Gasteiger partial charge in [-0.2, -0.15) is 0 Å². The second-order valence-electron chi connectivity index (χ2n) is 6.30. The largest absolute Gasteiger partial charge is 0.466 e. The SMILES string of the molecule is CCCCCCOC(=O)CCC(NC(C)=O)C(=O)OCCCCCC. The van der Waals surface area contributed by atoms with Crippen LogP contribution in [0.5, 0.6) is 0 Å². The van der Waals surface area contributed by atoms with Crippen LogP contribution in [0.25, 0.3) is 0 Å². The minimum absolute atomic E-state index is 0.0870. The number of carbonyl (C=O) groups is 3. The summed E-state index contributed by atoms with van der Waals surface area (Å²) in [6, 6.07) is -0.795. The number of hydrogen-bond donors (Lipinski definition) is 1. The highest BCUT2D eigenvalue weighted by Crippen LogP contribution is 2.06. The van der Waals surface area contributed by atoms with Crippen LogP contribution in [0.3, 0.4) is 0 Å². The van der Waals surface area contributed by atoms with Crippen LogP contribution < -0.4 is 5.32 Å². The first-order chi connectivity index (χ1) is 12.0. The number of rotatable bonds is 15. The molecule has 1 unspecified atom stereocenters. The Morgan fingerprint density at radius 1 is 0.840 bits per heavy atom. The topological polar surface area (TPSA) is 81.7 Å². The van der Waals surface area contributed by atoms with E-state index in [9.17, 15) is 14.4 Å². The molecule has 1 amide bonds. The van der Waals surface area contributed by atoms with Gasteiger partial charge in [-0.05, 0) is 19.3 Å². The van der Waals surface area contributed by atoms with E-state index in [-0.39, 0.29) is 24.7 Å². The van der Waals surface area contributed by atoms with Gasteiger partial charge in [0.25, 0.3) is 0 Å². The van der Waals surface area contributed by atoms with Crippen molar-refractivity contribution in [3.05, 3.63) is 0 Å². The van der Waals surface area contributed by atoms with Crippen molar-refractivity contribution in [3.8, 4) is 0 Å². The monoisotopic (exact) mass is 357 g/mol. The third-order valence-electron chi connectivity index (χ3n) is 3.80. The Bertz CT molecular complexity index is 384. The van der Waals surface area contributed by atoms with Crippen molar-refractivity contribution >= 4 is 17.8 Å². The zero-order valence-electron chi connectivity index (χ0n) is 16.1. The van der Waals surface area contributed by atoms with E-state index in [0.29, 0.717) is 13.2 Å². The van der Waals surface area contributed by atoms with E-state index in [0.717, 1.165) is 51.4 Å². The maximum atomic E-state index is 12.1. The molecule has 0 heterocycles. The highest BCUT2D eigenvalue weighted by atomic mass is 16.5. The molecule has 0 saturated heterocycles. The van der Waals surface area contributed by atoms with Gasteiger partial charge in [0.1, 0.15) is 6.04 Å². The maximum absolute atomic E-state index is 12.1. The molecule has 146 valence electrons. The van der Waals surface area contributed by atoms with Gasteiger partial charge in [0.2, 0.25) is 5.91 Å².